The van der Waals surface area contributed by atoms with Gasteiger partial charge in [-0.1, -0.05) is 6.07 Å². The van der Waals surface area contributed by atoms with Crippen molar-refractivity contribution in [3.05, 3.63) is 34.9 Å². The number of esters is 1. The van der Waals surface area contributed by atoms with Gasteiger partial charge in [-0.15, -0.1) is 0 Å². The Morgan fingerprint density at radius 1 is 1.17 bits per heavy atom. The number of benzene rings is 1. The van der Waals surface area contributed by atoms with E-state index in [1.54, 1.807) is 6.07 Å². The zero-order chi connectivity index (χ0) is 12.7. The molecule has 0 aliphatic heterocycles. The van der Waals surface area contributed by atoms with Gasteiger partial charge in [0.15, 0.2) is 0 Å². The van der Waals surface area contributed by atoms with E-state index in [9.17, 15) is 9.59 Å². The van der Waals surface area contributed by atoms with Crippen LogP contribution in [0.1, 0.15) is 34.3 Å². The van der Waals surface area contributed by atoms with Crippen molar-refractivity contribution in [3.8, 4) is 0 Å². The topological polar surface area (TPSA) is 43.4 Å². The van der Waals surface area contributed by atoms with E-state index in [0.29, 0.717) is 11.3 Å². The minimum absolute atomic E-state index is 0.171. The largest absolute Gasteiger partial charge is 0.465 e. The van der Waals surface area contributed by atoms with E-state index in [2.05, 4.69) is 0 Å². The molecule has 2 aliphatic rings. The van der Waals surface area contributed by atoms with Crippen molar-refractivity contribution >= 4 is 11.8 Å². The van der Waals surface area contributed by atoms with Crippen molar-refractivity contribution in [2.24, 2.45) is 11.8 Å². The Kier molecular flexibility index (Phi) is 2.69. The van der Waals surface area contributed by atoms with Gasteiger partial charge in [0.05, 0.1) is 12.7 Å². The van der Waals surface area contributed by atoms with Crippen LogP contribution >= 0.6 is 0 Å². The summed E-state index contributed by atoms with van der Waals surface area (Å²) in [5, 5.41) is 0. The summed E-state index contributed by atoms with van der Waals surface area (Å²) in [6.45, 7) is 0. The van der Waals surface area contributed by atoms with Crippen LogP contribution in [0.3, 0.4) is 0 Å². The molecule has 0 aromatic heterocycles. The molecule has 94 valence electrons. The number of hydrogen-bond acceptors (Lipinski definition) is 3. The quantitative estimate of drug-likeness (QED) is 0.711. The summed E-state index contributed by atoms with van der Waals surface area (Å²) in [4.78, 5) is 23.6. The van der Waals surface area contributed by atoms with Crippen molar-refractivity contribution in [1.29, 1.82) is 0 Å². The first-order valence-corrected chi connectivity index (χ1v) is 6.43. The van der Waals surface area contributed by atoms with Gasteiger partial charge in [0.25, 0.3) is 0 Å². The highest BCUT2D eigenvalue weighted by atomic mass is 16.5. The first kappa shape index (κ1) is 11.5. The summed E-state index contributed by atoms with van der Waals surface area (Å²) in [6.07, 6.45) is 3.66. The van der Waals surface area contributed by atoms with Crippen molar-refractivity contribution in [3.63, 3.8) is 0 Å². The van der Waals surface area contributed by atoms with Crippen LogP contribution in [-0.2, 0) is 22.4 Å². The maximum Gasteiger partial charge on any atom is 0.337 e. The van der Waals surface area contributed by atoms with Gasteiger partial charge < -0.3 is 4.74 Å². The highest BCUT2D eigenvalue weighted by Gasteiger charge is 2.37. The Hall–Kier alpha value is -1.64. The lowest BCUT2D eigenvalue weighted by atomic mass is 9.92. The van der Waals surface area contributed by atoms with E-state index in [1.165, 1.54) is 12.7 Å². The zero-order valence-electron chi connectivity index (χ0n) is 10.4. The third-order valence-electron chi connectivity index (χ3n) is 4.23. The molecule has 1 saturated carbocycles. The third-order valence-corrected chi connectivity index (χ3v) is 4.23. The molecule has 3 rings (SSSR count). The van der Waals surface area contributed by atoms with Crippen LogP contribution in [0.25, 0.3) is 0 Å². The van der Waals surface area contributed by atoms with E-state index >= 15 is 0 Å². The van der Waals surface area contributed by atoms with E-state index in [4.69, 9.17) is 4.74 Å². The number of hydrogen-bond donors (Lipinski definition) is 0. The van der Waals surface area contributed by atoms with Crippen molar-refractivity contribution in [1.82, 2.24) is 0 Å². The Labute approximate surface area is 106 Å². The Morgan fingerprint density at radius 3 is 2.50 bits per heavy atom. The van der Waals surface area contributed by atoms with E-state index in [0.717, 1.165) is 31.2 Å². The fraction of sp³-hybridized carbons (Fsp3) is 0.467. The van der Waals surface area contributed by atoms with Crippen LogP contribution in [0.4, 0.5) is 0 Å². The lowest BCUT2D eigenvalue weighted by molar-refractivity contribution is -0.123. The van der Waals surface area contributed by atoms with E-state index in [-0.39, 0.29) is 17.8 Å². The first-order valence-electron chi connectivity index (χ1n) is 6.43. The van der Waals surface area contributed by atoms with Gasteiger partial charge in [0.2, 0.25) is 0 Å². The normalized spacial score (nSPS) is 25.5. The van der Waals surface area contributed by atoms with E-state index < -0.39 is 0 Å². The summed E-state index contributed by atoms with van der Waals surface area (Å²) in [6, 6.07) is 5.68. The smallest absolute Gasteiger partial charge is 0.337 e. The molecule has 2 bridgehead atoms. The Balaban J connectivity index is 1.98. The van der Waals surface area contributed by atoms with E-state index in [1.807, 2.05) is 12.1 Å². The van der Waals surface area contributed by atoms with Crippen LogP contribution in [0, 0.1) is 11.8 Å². The maximum atomic E-state index is 12.1. The summed E-state index contributed by atoms with van der Waals surface area (Å²) in [7, 11) is 1.39. The number of rotatable bonds is 1. The first-order chi connectivity index (χ1) is 8.69. The highest BCUT2D eigenvalue weighted by Crippen LogP contribution is 2.37. The van der Waals surface area contributed by atoms with Gasteiger partial charge in [-0.3, -0.25) is 4.79 Å². The van der Waals surface area contributed by atoms with Crippen molar-refractivity contribution in [2.75, 3.05) is 7.11 Å². The molecule has 0 heterocycles. The molecule has 3 heteroatoms. The molecule has 1 fully saturated rings. The lowest BCUT2D eigenvalue weighted by Gasteiger charge is -2.13. The van der Waals surface area contributed by atoms with Crippen molar-refractivity contribution < 1.29 is 14.3 Å². The van der Waals surface area contributed by atoms with Gasteiger partial charge >= 0.3 is 5.97 Å². The Morgan fingerprint density at radius 2 is 1.83 bits per heavy atom. The SMILES string of the molecule is COC(=O)c1ccc2c(c1)C[C@@H]1CC[C@@H](C2)C1=O. The van der Waals surface area contributed by atoms with Crippen LogP contribution in [-0.4, -0.2) is 18.9 Å². The number of ketones is 1. The molecule has 2 atom stereocenters. The number of fused-ring (bicyclic) bond motifs is 3. The predicted molar refractivity (Wildman–Crippen MR) is 66.4 cm³/mol. The molecule has 0 radical (unpaired) electrons. The molecule has 0 amide bonds. The van der Waals surface area contributed by atoms with Gasteiger partial charge in [-0.25, -0.2) is 4.79 Å². The predicted octanol–water partition coefficient (Wildman–Crippen LogP) is 2.17. The summed E-state index contributed by atoms with van der Waals surface area (Å²) in [5.74, 6) is 0.494. The molecule has 18 heavy (non-hydrogen) atoms. The summed E-state index contributed by atoms with van der Waals surface area (Å²) < 4.78 is 4.74. The van der Waals surface area contributed by atoms with Crippen LogP contribution in [0.5, 0.6) is 0 Å². The van der Waals surface area contributed by atoms with Crippen LogP contribution < -0.4 is 0 Å². The fourth-order valence-electron chi connectivity index (χ4n) is 3.22. The monoisotopic (exact) mass is 244 g/mol. The molecule has 3 nitrogen and oxygen atoms in total. The molecule has 1 aromatic rings. The highest BCUT2D eigenvalue weighted by molar-refractivity contribution is 5.90. The number of carbonyl (C=O) groups is 2. The average molecular weight is 244 g/mol. The number of Topliss-reactive ketones (excluding diaryl/α,β-unsaturated/α-hetero) is 1. The lowest BCUT2D eigenvalue weighted by Crippen LogP contribution is -2.13. The molecule has 1 aromatic carbocycles. The molecular formula is C15H16O3. The van der Waals surface area contributed by atoms with Crippen LogP contribution in [0.2, 0.25) is 0 Å². The number of methoxy groups -OCH3 is 1. The molecule has 0 N–H and O–H groups in total. The second kappa shape index (κ2) is 4.23. The molecule has 0 spiro atoms. The van der Waals surface area contributed by atoms with Gasteiger partial charge in [-0.2, -0.15) is 0 Å². The summed E-state index contributed by atoms with van der Waals surface area (Å²) >= 11 is 0. The summed E-state index contributed by atoms with van der Waals surface area (Å²) in [5.41, 5.74) is 2.96. The zero-order valence-corrected chi connectivity index (χ0v) is 10.4. The maximum absolute atomic E-state index is 12.1. The minimum Gasteiger partial charge on any atom is -0.465 e. The number of ether oxygens (including phenoxy) is 1. The van der Waals surface area contributed by atoms with Gasteiger partial charge in [-0.05, 0) is 48.9 Å². The molecule has 0 saturated heterocycles. The minimum atomic E-state index is -0.307. The standard InChI is InChI=1S/C15H16O3/c1-18-15(17)12-5-2-9-6-10-3-4-11(14(10)16)7-13(9)8-12/h2,5,8,10-11H,3-4,6-7H2,1H3/t10-,11-/m0/s1. The van der Waals surface area contributed by atoms with Gasteiger partial charge in [0.1, 0.15) is 5.78 Å². The molecule has 2 aliphatic carbocycles. The Bertz CT molecular complexity index is 518. The third kappa shape index (κ3) is 1.74. The fourth-order valence-corrected chi connectivity index (χ4v) is 3.22. The van der Waals surface area contributed by atoms with Gasteiger partial charge in [0, 0.05) is 11.8 Å². The number of carbonyl (C=O) groups excluding carboxylic acids is 2. The average Bonchev–Trinajstić information content (AvgIpc) is 2.63. The molecule has 0 unspecified atom stereocenters. The molecular weight excluding hydrogens is 228 g/mol. The second-order valence-corrected chi connectivity index (χ2v) is 5.26. The second-order valence-electron chi connectivity index (χ2n) is 5.26. The van der Waals surface area contributed by atoms with Crippen LogP contribution in [0.15, 0.2) is 18.2 Å². The van der Waals surface area contributed by atoms with Crippen molar-refractivity contribution in [2.45, 2.75) is 25.7 Å².